The number of carbonyl (C=O) groups excluding carboxylic acids is 1. The largest absolute Gasteiger partial charge is 0.481 e. The van der Waals surface area contributed by atoms with Gasteiger partial charge in [0, 0.05) is 30.0 Å². The predicted octanol–water partition coefficient (Wildman–Crippen LogP) is 2.99. The van der Waals surface area contributed by atoms with E-state index in [-0.39, 0.29) is 24.4 Å². The van der Waals surface area contributed by atoms with Crippen LogP contribution >= 0.6 is 15.9 Å². The molecule has 1 aliphatic carbocycles. The minimum atomic E-state index is -0.899. The number of hydrogen-bond acceptors (Lipinski definition) is 2. The zero-order valence-corrected chi connectivity index (χ0v) is 14.2. The lowest BCUT2D eigenvalue weighted by Gasteiger charge is -2.43. The van der Waals surface area contributed by atoms with Crippen LogP contribution in [0.5, 0.6) is 0 Å². The molecule has 1 saturated carbocycles. The summed E-state index contributed by atoms with van der Waals surface area (Å²) in [5.41, 5.74) is 1.24. The molecule has 0 unspecified atom stereocenters. The van der Waals surface area contributed by atoms with Gasteiger partial charge in [-0.3, -0.25) is 4.79 Å². The fourth-order valence-electron chi connectivity index (χ4n) is 2.73. The van der Waals surface area contributed by atoms with Crippen LogP contribution in [0.15, 0.2) is 28.7 Å². The third-order valence-electron chi connectivity index (χ3n) is 4.33. The maximum absolute atomic E-state index is 12.1. The van der Waals surface area contributed by atoms with Crippen LogP contribution in [0, 0.1) is 0 Å². The molecular formula is C16H21BrN2O3. The highest BCUT2D eigenvalue weighted by Gasteiger charge is 2.39. The van der Waals surface area contributed by atoms with Crippen molar-refractivity contribution in [2.75, 3.05) is 20.1 Å². The molecule has 2 N–H and O–H groups in total. The predicted molar refractivity (Wildman–Crippen MR) is 88.0 cm³/mol. The van der Waals surface area contributed by atoms with Gasteiger partial charge in [0.1, 0.15) is 0 Å². The molecule has 22 heavy (non-hydrogen) atoms. The molecule has 0 heterocycles. The number of aliphatic carboxylic acids is 1. The number of carboxylic acids is 1. The molecule has 2 amide bonds. The number of nitrogens with one attached hydrogen (secondary N) is 1. The first-order chi connectivity index (χ1) is 10.4. The number of rotatable bonds is 6. The van der Waals surface area contributed by atoms with Crippen molar-refractivity contribution in [3.63, 3.8) is 0 Å². The van der Waals surface area contributed by atoms with Crippen LogP contribution in [-0.4, -0.2) is 42.1 Å². The fourth-order valence-corrected chi connectivity index (χ4v) is 3.13. The average Bonchev–Trinajstić information content (AvgIpc) is 2.43. The van der Waals surface area contributed by atoms with Gasteiger partial charge < -0.3 is 15.3 Å². The summed E-state index contributed by atoms with van der Waals surface area (Å²) in [5, 5.41) is 11.6. The molecule has 1 aromatic carbocycles. The first-order valence-corrected chi connectivity index (χ1v) is 8.19. The monoisotopic (exact) mass is 368 g/mol. The van der Waals surface area contributed by atoms with Crippen molar-refractivity contribution >= 4 is 27.9 Å². The fraction of sp³-hybridized carbons (Fsp3) is 0.500. The van der Waals surface area contributed by atoms with Crippen molar-refractivity contribution in [1.29, 1.82) is 0 Å². The van der Waals surface area contributed by atoms with Gasteiger partial charge >= 0.3 is 12.0 Å². The minimum Gasteiger partial charge on any atom is -0.481 e. The Morgan fingerprint density at radius 2 is 2.14 bits per heavy atom. The molecule has 0 bridgehead atoms. The standard InChI is InChI=1S/C16H21BrN2O3/c1-19(9-6-14(20)21)15(22)18-11-16(7-3-8-16)12-4-2-5-13(17)10-12/h2,4-5,10H,3,6-9,11H2,1H3,(H,18,22)(H,20,21). The summed E-state index contributed by atoms with van der Waals surface area (Å²) in [7, 11) is 1.62. The normalized spacial score (nSPS) is 15.7. The highest BCUT2D eigenvalue weighted by atomic mass is 79.9. The molecular weight excluding hydrogens is 348 g/mol. The molecule has 1 fully saturated rings. The molecule has 1 aliphatic rings. The van der Waals surface area contributed by atoms with E-state index in [1.54, 1.807) is 7.05 Å². The highest BCUT2D eigenvalue weighted by molar-refractivity contribution is 9.10. The number of nitrogens with zero attached hydrogens (tertiary/aromatic N) is 1. The summed E-state index contributed by atoms with van der Waals surface area (Å²) < 4.78 is 1.04. The zero-order chi connectivity index (χ0) is 16.2. The van der Waals surface area contributed by atoms with E-state index in [2.05, 4.69) is 33.4 Å². The molecule has 1 aromatic rings. The lowest BCUT2D eigenvalue weighted by Crippen LogP contribution is -2.48. The van der Waals surface area contributed by atoms with E-state index in [1.165, 1.54) is 10.5 Å². The topological polar surface area (TPSA) is 69.6 Å². The Balaban J connectivity index is 1.94. The van der Waals surface area contributed by atoms with Crippen molar-refractivity contribution in [2.24, 2.45) is 0 Å². The van der Waals surface area contributed by atoms with E-state index in [1.807, 2.05) is 12.1 Å². The summed E-state index contributed by atoms with van der Waals surface area (Å²) in [5.74, 6) is -0.899. The molecule has 0 saturated heterocycles. The number of carboxylic acid groups (broad SMARTS) is 1. The highest BCUT2D eigenvalue weighted by Crippen LogP contribution is 2.43. The van der Waals surface area contributed by atoms with Gasteiger partial charge in [-0.25, -0.2) is 4.79 Å². The SMILES string of the molecule is CN(CCC(=O)O)C(=O)NCC1(c2cccc(Br)c2)CCC1. The Morgan fingerprint density at radius 3 is 2.68 bits per heavy atom. The summed E-state index contributed by atoms with van der Waals surface area (Å²) in [6.45, 7) is 0.796. The second-order valence-electron chi connectivity index (χ2n) is 5.87. The summed E-state index contributed by atoms with van der Waals surface area (Å²) >= 11 is 3.49. The maximum atomic E-state index is 12.1. The number of benzene rings is 1. The van der Waals surface area contributed by atoms with Gasteiger partial charge in [-0.15, -0.1) is 0 Å². The lowest BCUT2D eigenvalue weighted by atomic mass is 9.64. The van der Waals surface area contributed by atoms with Crippen molar-refractivity contribution < 1.29 is 14.7 Å². The van der Waals surface area contributed by atoms with Crippen LogP contribution in [0.2, 0.25) is 0 Å². The number of hydrogen-bond donors (Lipinski definition) is 2. The van der Waals surface area contributed by atoms with E-state index >= 15 is 0 Å². The second-order valence-corrected chi connectivity index (χ2v) is 6.78. The third-order valence-corrected chi connectivity index (χ3v) is 4.83. The average molecular weight is 369 g/mol. The van der Waals surface area contributed by atoms with Crippen molar-refractivity contribution in [2.45, 2.75) is 31.1 Å². The van der Waals surface area contributed by atoms with Gasteiger partial charge in [-0.1, -0.05) is 34.5 Å². The van der Waals surface area contributed by atoms with Crippen molar-refractivity contribution in [3.8, 4) is 0 Å². The molecule has 0 radical (unpaired) electrons. The molecule has 0 atom stereocenters. The lowest BCUT2D eigenvalue weighted by molar-refractivity contribution is -0.137. The van der Waals surface area contributed by atoms with Gasteiger partial charge in [-0.05, 0) is 30.5 Å². The van der Waals surface area contributed by atoms with E-state index < -0.39 is 5.97 Å². The minimum absolute atomic E-state index is 0.00702. The van der Waals surface area contributed by atoms with Crippen LogP contribution in [0.4, 0.5) is 4.79 Å². The van der Waals surface area contributed by atoms with Crippen LogP contribution in [0.25, 0.3) is 0 Å². The van der Waals surface area contributed by atoms with E-state index in [4.69, 9.17) is 5.11 Å². The van der Waals surface area contributed by atoms with Crippen molar-refractivity contribution in [1.82, 2.24) is 10.2 Å². The van der Waals surface area contributed by atoms with E-state index in [0.717, 1.165) is 23.7 Å². The summed E-state index contributed by atoms with van der Waals surface area (Å²) in [6, 6.07) is 8.00. The molecule has 0 spiro atoms. The Kier molecular flexibility index (Phi) is 5.45. The zero-order valence-electron chi connectivity index (χ0n) is 12.6. The summed E-state index contributed by atoms with van der Waals surface area (Å²) in [4.78, 5) is 24.0. The van der Waals surface area contributed by atoms with Crippen LogP contribution in [0.1, 0.15) is 31.2 Å². The second kappa shape index (κ2) is 7.13. The van der Waals surface area contributed by atoms with Gasteiger partial charge in [0.05, 0.1) is 6.42 Å². The summed E-state index contributed by atoms with van der Waals surface area (Å²) in [6.07, 6.45) is 3.24. The number of carbonyl (C=O) groups is 2. The number of urea groups is 1. The van der Waals surface area contributed by atoms with Gasteiger partial charge in [-0.2, -0.15) is 0 Å². The molecule has 2 rings (SSSR count). The van der Waals surface area contributed by atoms with Gasteiger partial charge in [0.2, 0.25) is 0 Å². The Hall–Kier alpha value is -1.56. The first-order valence-electron chi connectivity index (χ1n) is 7.40. The molecule has 6 heteroatoms. The Morgan fingerprint density at radius 1 is 1.41 bits per heavy atom. The smallest absolute Gasteiger partial charge is 0.317 e. The van der Waals surface area contributed by atoms with Crippen LogP contribution in [-0.2, 0) is 10.2 Å². The van der Waals surface area contributed by atoms with Crippen LogP contribution in [0.3, 0.4) is 0 Å². The van der Waals surface area contributed by atoms with E-state index in [9.17, 15) is 9.59 Å². The van der Waals surface area contributed by atoms with Gasteiger partial charge in [0.25, 0.3) is 0 Å². The maximum Gasteiger partial charge on any atom is 0.317 e. The van der Waals surface area contributed by atoms with E-state index in [0.29, 0.717) is 6.54 Å². The number of halogens is 1. The Labute approximate surface area is 138 Å². The molecule has 120 valence electrons. The molecule has 5 nitrogen and oxygen atoms in total. The van der Waals surface area contributed by atoms with Crippen molar-refractivity contribution in [3.05, 3.63) is 34.3 Å². The quantitative estimate of drug-likeness (QED) is 0.810. The molecule has 0 aromatic heterocycles. The third kappa shape index (κ3) is 4.00. The first kappa shape index (κ1) is 16.8. The van der Waals surface area contributed by atoms with Crippen LogP contribution < -0.4 is 5.32 Å². The molecule has 0 aliphatic heterocycles. The van der Waals surface area contributed by atoms with Gasteiger partial charge in [0.15, 0.2) is 0 Å². The number of amides is 2. The Bertz CT molecular complexity index is 558.